The van der Waals surface area contributed by atoms with E-state index in [1.807, 2.05) is 72.8 Å². The Morgan fingerprint density at radius 3 is 2.42 bits per heavy atom. The van der Waals surface area contributed by atoms with Crippen molar-refractivity contribution in [1.29, 1.82) is 0 Å². The fourth-order valence-corrected chi connectivity index (χ4v) is 5.15. The van der Waals surface area contributed by atoms with E-state index in [4.69, 9.17) is 5.11 Å². The zero-order chi connectivity index (χ0) is 28.1. The largest absolute Gasteiger partial charge is 0.481 e. The van der Waals surface area contributed by atoms with Crippen molar-refractivity contribution in [2.45, 2.75) is 32.4 Å². The Morgan fingerprint density at radius 1 is 0.925 bits per heavy atom. The molecule has 5 rings (SSSR count). The molecule has 7 heteroatoms. The third-order valence-electron chi connectivity index (χ3n) is 6.95. The smallest absolute Gasteiger partial charge is 0.303 e. The van der Waals surface area contributed by atoms with Crippen molar-refractivity contribution in [3.8, 4) is 0 Å². The van der Waals surface area contributed by atoms with Crippen LogP contribution < -0.4 is 16.0 Å². The molecule has 1 aliphatic heterocycles. The van der Waals surface area contributed by atoms with Gasteiger partial charge in [-0.25, -0.2) is 0 Å². The van der Waals surface area contributed by atoms with Crippen molar-refractivity contribution in [2.24, 2.45) is 0 Å². The Kier molecular flexibility index (Phi) is 8.43. The number of hydrogen-bond acceptors (Lipinski definition) is 4. The third-order valence-corrected chi connectivity index (χ3v) is 7.45. The average molecular weight is 597 g/mol. The number of hydrogen-bond donors (Lipinski definition) is 4. The van der Waals surface area contributed by atoms with Crippen molar-refractivity contribution in [3.05, 3.63) is 129 Å². The Hall–Kier alpha value is -4.20. The maximum absolute atomic E-state index is 13.3. The molecule has 1 aliphatic rings. The predicted octanol–water partition coefficient (Wildman–Crippen LogP) is 7.25. The molecule has 202 valence electrons. The zero-order valence-electron chi connectivity index (χ0n) is 22.1. The lowest BCUT2D eigenvalue weighted by molar-refractivity contribution is -0.137. The second-order valence-corrected chi connectivity index (χ2v) is 10.7. The van der Waals surface area contributed by atoms with Crippen molar-refractivity contribution >= 4 is 50.5 Å². The average Bonchev–Trinajstić information content (AvgIpc) is 3.28. The van der Waals surface area contributed by atoms with E-state index in [0.29, 0.717) is 17.7 Å². The van der Waals surface area contributed by atoms with Crippen molar-refractivity contribution in [1.82, 2.24) is 5.32 Å². The number of halogens is 1. The number of aryl methyl sites for hydroxylation is 1. The van der Waals surface area contributed by atoms with Crippen molar-refractivity contribution in [2.75, 3.05) is 10.6 Å². The Bertz CT molecular complexity index is 1570. The highest BCUT2D eigenvalue weighted by Gasteiger charge is 2.28. The standard InChI is InChI=1S/C33H30BrN3O3/c1-21(35-20-23-6-3-2-4-7-23)24-11-14-27(15-12-24)36-32(25-9-5-8-22(18-25)10-17-30(38)39)31-28-16-13-26(34)19-29(28)37-33(31)40/h2-9,11-16,18-19,21,35-36H,10,17,20H2,1H3,(H,37,40)(H,38,39). The molecule has 4 aromatic rings. The minimum absolute atomic E-state index is 0.0398. The van der Waals surface area contributed by atoms with Gasteiger partial charge < -0.3 is 21.1 Å². The highest BCUT2D eigenvalue weighted by atomic mass is 79.9. The first-order valence-electron chi connectivity index (χ1n) is 13.2. The molecule has 0 aromatic heterocycles. The van der Waals surface area contributed by atoms with Gasteiger partial charge in [0.25, 0.3) is 5.91 Å². The molecule has 0 radical (unpaired) electrons. The Balaban J connectivity index is 1.45. The van der Waals surface area contributed by atoms with Crippen LogP contribution in [0.5, 0.6) is 0 Å². The van der Waals surface area contributed by atoms with Crippen LogP contribution in [0.3, 0.4) is 0 Å². The van der Waals surface area contributed by atoms with E-state index in [2.05, 4.69) is 63.1 Å². The van der Waals surface area contributed by atoms with Crippen LogP contribution in [0.1, 0.15) is 47.2 Å². The summed E-state index contributed by atoms with van der Waals surface area (Å²) in [7, 11) is 0. The monoisotopic (exact) mass is 595 g/mol. The number of benzene rings is 4. The quantitative estimate of drug-likeness (QED) is 0.145. The molecule has 1 atom stereocenters. The molecule has 40 heavy (non-hydrogen) atoms. The number of rotatable bonds is 10. The Labute approximate surface area is 242 Å². The van der Waals surface area contributed by atoms with Crippen LogP contribution in [-0.2, 0) is 22.6 Å². The SMILES string of the molecule is CC(NCc1ccccc1)c1ccc(NC(=C2C(=O)Nc3cc(Br)ccc32)c2cccc(CCC(=O)O)c2)cc1. The van der Waals surface area contributed by atoms with Gasteiger partial charge in [0.05, 0.1) is 17.0 Å². The lowest BCUT2D eigenvalue weighted by atomic mass is 9.97. The summed E-state index contributed by atoms with van der Waals surface area (Å²) in [6, 6.07) is 32.1. The molecular formula is C33H30BrN3O3. The summed E-state index contributed by atoms with van der Waals surface area (Å²) < 4.78 is 0.878. The molecule has 0 bridgehead atoms. The first kappa shape index (κ1) is 27.4. The van der Waals surface area contributed by atoms with Crippen molar-refractivity contribution < 1.29 is 14.7 Å². The summed E-state index contributed by atoms with van der Waals surface area (Å²) in [6.07, 6.45) is 0.447. The van der Waals surface area contributed by atoms with E-state index < -0.39 is 5.97 Å². The van der Waals surface area contributed by atoms with Crippen LogP contribution >= 0.6 is 15.9 Å². The van der Waals surface area contributed by atoms with Gasteiger partial charge in [-0.1, -0.05) is 82.7 Å². The molecule has 1 amide bonds. The topological polar surface area (TPSA) is 90.5 Å². The zero-order valence-corrected chi connectivity index (χ0v) is 23.7. The van der Waals surface area contributed by atoms with Crippen LogP contribution in [0.15, 0.2) is 102 Å². The summed E-state index contributed by atoms with van der Waals surface area (Å²) in [5.74, 6) is -1.04. The van der Waals surface area contributed by atoms with Crippen molar-refractivity contribution in [3.63, 3.8) is 0 Å². The molecule has 6 nitrogen and oxygen atoms in total. The maximum Gasteiger partial charge on any atom is 0.303 e. The summed E-state index contributed by atoms with van der Waals surface area (Å²) in [5.41, 5.74) is 7.69. The molecule has 0 spiro atoms. The molecule has 0 saturated carbocycles. The molecule has 1 heterocycles. The van der Waals surface area contributed by atoms with E-state index in [0.717, 1.165) is 44.6 Å². The van der Waals surface area contributed by atoms with Gasteiger partial charge in [-0.15, -0.1) is 0 Å². The van der Waals surface area contributed by atoms with E-state index in [-0.39, 0.29) is 18.4 Å². The highest BCUT2D eigenvalue weighted by Crippen LogP contribution is 2.39. The number of aliphatic carboxylic acids is 1. The van der Waals surface area contributed by atoms with E-state index in [1.54, 1.807) is 0 Å². The van der Waals surface area contributed by atoms with E-state index in [9.17, 15) is 9.59 Å². The summed E-state index contributed by atoms with van der Waals surface area (Å²) in [6.45, 7) is 2.92. The number of carboxylic acid groups (broad SMARTS) is 1. The fraction of sp³-hybridized carbons (Fsp3) is 0.152. The van der Waals surface area contributed by atoms with Gasteiger partial charge in [-0.05, 0) is 65.9 Å². The maximum atomic E-state index is 13.3. The highest BCUT2D eigenvalue weighted by molar-refractivity contribution is 9.10. The number of amides is 1. The minimum atomic E-state index is -0.843. The van der Waals surface area contributed by atoms with Gasteiger partial charge in [-0.2, -0.15) is 0 Å². The summed E-state index contributed by atoms with van der Waals surface area (Å²) in [4.78, 5) is 24.4. The molecule has 4 aromatic carbocycles. The van der Waals surface area contributed by atoms with Gasteiger partial charge in [0.1, 0.15) is 0 Å². The summed E-state index contributed by atoms with van der Waals surface area (Å²) in [5, 5.41) is 19.2. The third kappa shape index (κ3) is 6.50. The van der Waals surface area contributed by atoms with Gasteiger partial charge in [-0.3, -0.25) is 9.59 Å². The van der Waals surface area contributed by atoms with Crippen LogP contribution in [-0.4, -0.2) is 17.0 Å². The number of nitrogens with one attached hydrogen (secondary N) is 3. The molecular weight excluding hydrogens is 566 g/mol. The fourth-order valence-electron chi connectivity index (χ4n) is 4.79. The second-order valence-electron chi connectivity index (χ2n) is 9.82. The number of anilines is 2. The number of carbonyl (C=O) groups excluding carboxylic acids is 1. The van der Waals surface area contributed by atoms with Crippen LogP contribution in [0.25, 0.3) is 11.3 Å². The number of fused-ring (bicyclic) bond motifs is 1. The lowest BCUT2D eigenvalue weighted by Crippen LogP contribution is -2.18. The molecule has 4 N–H and O–H groups in total. The van der Waals surface area contributed by atoms with Gasteiger partial charge in [0, 0.05) is 34.7 Å². The first-order valence-corrected chi connectivity index (χ1v) is 14.0. The summed E-state index contributed by atoms with van der Waals surface area (Å²) >= 11 is 3.49. The lowest BCUT2D eigenvalue weighted by Gasteiger charge is -2.18. The van der Waals surface area contributed by atoms with Crippen LogP contribution in [0.2, 0.25) is 0 Å². The van der Waals surface area contributed by atoms with Gasteiger partial charge in [0.2, 0.25) is 0 Å². The molecule has 1 unspecified atom stereocenters. The van der Waals surface area contributed by atoms with E-state index in [1.165, 1.54) is 5.56 Å². The van der Waals surface area contributed by atoms with Gasteiger partial charge >= 0.3 is 5.97 Å². The normalized spacial score (nSPS) is 14.3. The molecule has 0 saturated heterocycles. The predicted molar refractivity (Wildman–Crippen MR) is 164 cm³/mol. The number of carboxylic acids is 1. The Morgan fingerprint density at radius 2 is 1.68 bits per heavy atom. The minimum Gasteiger partial charge on any atom is -0.481 e. The van der Waals surface area contributed by atoms with Crippen LogP contribution in [0.4, 0.5) is 11.4 Å². The van der Waals surface area contributed by atoms with E-state index >= 15 is 0 Å². The van der Waals surface area contributed by atoms with Crippen LogP contribution in [0, 0.1) is 0 Å². The van der Waals surface area contributed by atoms with Gasteiger partial charge in [0.15, 0.2) is 0 Å². The number of carbonyl (C=O) groups is 2. The second kappa shape index (κ2) is 12.3. The molecule has 0 fully saturated rings. The molecule has 0 aliphatic carbocycles. The first-order chi connectivity index (χ1) is 19.4.